The summed E-state index contributed by atoms with van der Waals surface area (Å²) in [5.41, 5.74) is 4.08. The summed E-state index contributed by atoms with van der Waals surface area (Å²) in [5, 5.41) is 6.72. The second-order valence-electron chi connectivity index (χ2n) is 12.6. The lowest BCUT2D eigenvalue weighted by molar-refractivity contribution is -0.176. The van der Waals surface area contributed by atoms with Crippen LogP contribution in [0.3, 0.4) is 0 Å². The van der Waals surface area contributed by atoms with Gasteiger partial charge in [-0.25, -0.2) is 4.39 Å². The molecule has 11 nitrogen and oxygen atoms in total. The number of fused-ring (bicyclic) bond motifs is 2. The molecule has 3 unspecified atom stereocenters. The molecule has 1 aromatic carbocycles. The minimum absolute atomic E-state index is 0.0474. The van der Waals surface area contributed by atoms with Crippen LogP contribution in [-0.4, -0.2) is 71.4 Å². The van der Waals surface area contributed by atoms with Gasteiger partial charge < -0.3 is 31.3 Å². The molecule has 0 spiro atoms. The van der Waals surface area contributed by atoms with Gasteiger partial charge in [0.25, 0.3) is 5.91 Å². The van der Waals surface area contributed by atoms with E-state index in [9.17, 15) is 41.5 Å². The number of nitrogens with one attached hydrogen (secondary N) is 3. The number of benzene rings is 1. The molecule has 15 heteroatoms. The average Bonchev–Trinajstić information content (AvgIpc) is 3.19. The van der Waals surface area contributed by atoms with Gasteiger partial charge in [-0.2, -0.15) is 13.2 Å². The molecule has 1 aromatic rings. The van der Waals surface area contributed by atoms with Crippen molar-refractivity contribution in [3.05, 3.63) is 24.0 Å². The van der Waals surface area contributed by atoms with Gasteiger partial charge in [-0.1, -0.05) is 34.6 Å². The number of carbonyl (C=O) groups excluding carboxylic acids is 5. The van der Waals surface area contributed by atoms with Crippen LogP contribution < -0.4 is 26.4 Å². The number of nitrogens with two attached hydrogens (primary N) is 1. The first-order chi connectivity index (χ1) is 19.2. The van der Waals surface area contributed by atoms with Crippen LogP contribution in [0.15, 0.2) is 18.2 Å². The molecule has 1 saturated carbocycles. The predicted octanol–water partition coefficient (Wildman–Crippen LogP) is 1.46. The van der Waals surface area contributed by atoms with E-state index in [1.807, 2.05) is 13.8 Å². The number of hydrogen-bond donors (Lipinski definition) is 4. The Morgan fingerprint density at radius 2 is 1.81 bits per heavy atom. The fourth-order valence-corrected chi connectivity index (χ4v) is 5.84. The van der Waals surface area contributed by atoms with Crippen molar-refractivity contribution in [2.75, 3.05) is 11.9 Å². The van der Waals surface area contributed by atoms with Crippen LogP contribution >= 0.6 is 0 Å². The number of ether oxygens (including phenoxy) is 1. The standard InChI is InChI=1S/C27H33F4N5O6/c1-25(2,3)19(35-24(41)27(29,30)31)23(40)36-10-12-17(26(12,4)5)18(36)22(39)34-14(20(32)37)9-16-21(38)33-13-8-11(28)6-7-15(13)42-16/h6-8,12,14,16-19H,9-10H2,1-5H3,(H2,32,37)(H,33,38)(H,34,39)(H,35,41)/t12-,14?,16?,17-,18-,19?/m0/s1. The highest BCUT2D eigenvalue weighted by atomic mass is 19.4. The number of amides is 5. The fourth-order valence-electron chi connectivity index (χ4n) is 5.84. The number of halogens is 4. The summed E-state index contributed by atoms with van der Waals surface area (Å²) < 4.78 is 58.3. The minimum atomic E-state index is -5.23. The summed E-state index contributed by atoms with van der Waals surface area (Å²) in [6, 6.07) is -0.775. The van der Waals surface area contributed by atoms with Gasteiger partial charge in [0.1, 0.15) is 29.7 Å². The summed E-state index contributed by atoms with van der Waals surface area (Å²) >= 11 is 0. The van der Waals surface area contributed by atoms with Crippen molar-refractivity contribution in [1.82, 2.24) is 15.5 Å². The lowest BCUT2D eigenvalue weighted by atomic mass is 9.85. The molecule has 1 aliphatic carbocycles. The molecule has 2 aliphatic heterocycles. The number of rotatable bonds is 7. The molecule has 42 heavy (non-hydrogen) atoms. The van der Waals surface area contributed by atoms with Crippen LogP contribution in [0.5, 0.6) is 5.75 Å². The van der Waals surface area contributed by atoms with Crippen molar-refractivity contribution in [3.63, 3.8) is 0 Å². The summed E-state index contributed by atoms with van der Waals surface area (Å²) in [7, 11) is 0. The number of carbonyl (C=O) groups is 5. The monoisotopic (exact) mass is 599 g/mol. The third-order valence-corrected chi connectivity index (χ3v) is 8.28. The Morgan fingerprint density at radius 3 is 2.38 bits per heavy atom. The maximum absolute atomic E-state index is 13.6. The zero-order chi connectivity index (χ0) is 31.5. The highest BCUT2D eigenvalue weighted by Gasteiger charge is 2.70. The smallest absolute Gasteiger partial charge is 0.471 e. The number of likely N-dealkylation sites (tertiary alicyclic amines) is 1. The van der Waals surface area contributed by atoms with E-state index in [2.05, 4.69) is 10.6 Å². The largest absolute Gasteiger partial charge is 0.478 e. The lowest BCUT2D eigenvalue weighted by Gasteiger charge is -2.38. The van der Waals surface area contributed by atoms with Gasteiger partial charge in [-0.3, -0.25) is 24.0 Å². The summed E-state index contributed by atoms with van der Waals surface area (Å²) in [6.07, 6.45) is -6.91. The summed E-state index contributed by atoms with van der Waals surface area (Å²) in [5.74, 6) is -6.68. The van der Waals surface area contributed by atoms with Crippen LogP contribution in [0.25, 0.3) is 0 Å². The lowest BCUT2D eigenvalue weighted by Crippen LogP contribution is -2.61. The molecular formula is C27H33F4N5O6. The molecule has 5 N–H and O–H groups in total. The second kappa shape index (κ2) is 10.4. The highest BCUT2D eigenvalue weighted by molar-refractivity contribution is 5.99. The highest BCUT2D eigenvalue weighted by Crippen LogP contribution is 2.65. The van der Waals surface area contributed by atoms with Crippen molar-refractivity contribution in [3.8, 4) is 5.75 Å². The Labute approximate surface area is 238 Å². The first-order valence-electron chi connectivity index (χ1n) is 13.3. The minimum Gasteiger partial charge on any atom is -0.478 e. The van der Waals surface area contributed by atoms with Gasteiger partial charge >= 0.3 is 12.1 Å². The number of anilines is 1. The van der Waals surface area contributed by atoms with Gasteiger partial charge in [0, 0.05) is 19.0 Å². The molecule has 3 aliphatic rings. The summed E-state index contributed by atoms with van der Waals surface area (Å²) in [6.45, 7) is 8.24. The Bertz CT molecular complexity index is 1330. The van der Waals surface area contributed by atoms with Gasteiger partial charge in [0.05, 0.1) is 5.69 Å². The van der Waals surface area contributed by atoms with Gasteiger partial charge in [-0.05, 0) is 34.8 Å². The molecule has 2 heterocycles. The molecule has 230 valence electrons. The Hall–Kier alpha value is -3.91. The van der Waals surface area contributed by atoms with E-state index in [-0.39, 0.29) is 29.8 Å². The Morgan fingerprint density at radius 1 is 1.17 bits per heavy atom. The Balaban J connectivity index is 1.54. The first kappa shape index (κ1) is 31.0. The maximum atomic E-state index is 13.6. The molecule has 5 amide bonds. The fraction of sp³-hybridized carbons (Fsp3) is 0.593. The second-order valence-corrected chi connectivity index (χ2v) is 12.6. The third kappa shape index (κ3) is 5.86. The average molecular weight is 600 g/mol. The first-order valence-corrected chi connectivity index (χ1v) is 13.3. The third-order valence-electron chi connectivity index (χ3n) is 8.28. The summed E-state index contributed by atoms with van der Waals surface area (Å²) in [4.78, 5) is 65.1. The van der Waals surface area contributed by atoms with E-state index in [0.29, 0.717) is 0 Å². The van der Waals surface area contributed by atoms with Crippen molar-refractivity contribution in [2.24, 2.45) is 28.4 Å². The van der Waals surface area contributed by atoms with Crippen LogP contribution in [-0.2, 0) is 24.0 Å². The number of piperidine rings is 1. The van der Waals surface area contributed by atoms with E-state index in [0.717, 1.165) is 17.0 Å². The van der Waals surface area contributed by atoms with E-state index in [1.165, 1.54) is 26.8 Å². The number of primary amides is 1. The van der Waals surface area contributed by atoms with Gasteiger partial charge in [0.15, 0.2) is 6.10 Å². The normalized spacial score (nSPS) is 25.6. The van der Waals surface area contributed by atoms with Gasteiger partial charge in [-0.15, -0.1) is 0 Å². The van der Waals surface area contributed by atoms with Crippen LogP contribution in [0.1, 0.15) is 41.0 Å². The molecule has 0 aromatic heterocycles. The van der Waals surface area contributed by atoms with Gasteiger partial charge in [0.2, 0.25) is 17.7 Å². The Kier molecular flexibility index (Phi) is 7.70. The van der Waals surface area contributed by atoms with Crippen LogP contribution in [0.4, 0.5) is 23.2 Å². The SMILES string of the molecule is CC(C)(C)C(NC(=O)C(F)(F)F)C(=O)N1C[C@H]2[C@@H]([C@H]1C(=O)NC(CC1Oc3ccc(F)cc3NC1=O)C(N)=O)C2(C)C. The molecule has 2 fully saturated rings. The maximum Gasteiger partial charge on any atom is 0.471 e. The quantitative estimate of drug-likeness (QED) is 0.347. The predicted molar refractivity (Wildman–Crippen MR) is 139 cm³/mol. The van der Waals surface area contributed by atoms with E-state index in [1.54, 1.807) is 5.32 Å². The zero-order valence-corrected chi connectivity index (χ0v) is 23.6. The molecular weight excluding hydrogens is 566 g/mol. The molecule has 4 rings (SSSR count). The topological polar surface area (TPSA) is 160 Å². The van der Waals surface area contributed by atoms with Crippen LogP contribution in [0, 0.1) is 28.5 Å². The van der Waals surface area contributed by atoms with E-state index in [4.69, 9.17) is 10.5 Å². The molecule has 1 saturated heterocycles. The van der Waals surface area contributed by atoms with E-state index < -0.39 is 83.0 Å². The van der Waals surface area contributed by atoms with Crippen LogP contribution in [0.2, 0.25) is 0 Å². The molecule has 0 bridgehead atoms. The number of alkyl halides is 3. The molecule has 0 radical (unpaired) electrons. The van der Waals surface area contributed by atoms with Crippen molar-refractivity contribution >= 4 is 35.2 Å². The number of nitrogens with zero attached hydrogens (tertiary/aromatic N) is 1. The van der Waals surface area contributed by atoms with Crippen molar-refractivity contribution < 1.29 is 46.3 Å². The van der Waals surface area contributed by atoms with Crippen molar-refractivity contribution in [1.29, 1.82) is 0 Å². The van der Waals surface area contributed by atoms with Crippen molar-refractivity contribution in [2.45, 2.75) is 71.4 Å². The number of hydrogen-bond acceptors (Lipinski definition) is 6. The zero-order valence-electron chi connectivity index (χ0n) is 23.6. The molecule has 6 atom stereocenters. The van der Waals surface area contributed by atoms with E-state index >= 15 is 0 Å².